The topological polar surface area (TPSA) is 123 Å². The Kier molecular flexibility index (Phi) is 7.86. The third-order valence-corrected chi connectivity index (χ3v) is 5.25. The van der Waals surface area contributed by atoms with Crippen molar-refractivity contribution in [1.29, 1.82) is 0 Å². The van der Waals surface area contributed by atoms with E-state index in [1.165, 1.54) is 26.0 Å². The summed E-state index contributed by atoms with van der Waals surface area (Å²) < 4.78 is 10.6. The van der Waals surface area contributed by atoms with E-state index >= 15 is 0 Å². The lowest BCUT2D eigenvalue weighted by molar-refractivity contribution is 0.220. The van der Waals surface area contributed by atoms with Crippen molar-refractivity contribution in [3.8, 4) is 28.4 Å². The smallest absolute Gasteiger partial charge is 0.200 e. The zero-order valence-electron chi connectivity index (χ0n) is 17.1. The molecule has 0 amide bonds. The second kappa shape index (κ2) is 10.1. The lowest BCUT2D eigenvalue weighted by Crippen LogP contribution is -2.09. The van der Waals surface area contributed by atoms with Crippen molar-refractivity contribution in [3.63, 3.8) is 0 Å². The second-order valence-electron chi connectivity index (χ2n) is 6.17. The molecule has 0 saturated carbocycles. The molecule has 156 valence electrons. The molecule has 0 aliphatic carbocycles. The fourth-order valence-corrected chi connectivity index (χ4v) is 3.65. The summed E-state index contributed by atoms with van der Waals surface area (Å²) in [7, 11) is 6.23. The van der Waals surface area contributed by atoms with Gasteiger partial charge in [-0.1, -0.05) is 0 Å². The molecule has 8 nitrogen and oxygen atoms in total. The molecule has 0 aliphatic rings. The number of hydrogen-bond acceptors (Lipinski definition) is 9. The van der Waals surface area contributed by atoms with E-state index in [9.17, 15) is 10.2 Å². The number of aromatic nitrogens is 1. The van der Waals surface area contributed by atoms with Gasteiger partial charge in [0.2, 0.25) is 5.75 Å². The Bertz CT molecular complexity index is 904. The highest BCUT2D eigenvalue weighted by molar-refractivity contribution is 7.99. The summed E-state index contributed by atoms with van der Waals surface area (Å²) in [6, 6.07) is 3.38. The minimum absolute atomic E-state index is 0.0964. The summed E-state index contributed by atoms with van der Waals surface area (Å²) in [6.07, 6.45) is 2.80. The van der Waals surface area contributed by atoms with Crippen LogP contribution in [0.2, 0.25) is 0 Å². The number of methoxy groups -OCH3 is 2. The van der Waals surface area contributed by atoms with Crippen molar-refractivity contribution in [2.45, 2.75) is 18.1 Å². The summed E-state index contributed by atoms with van der Waals surface area (Å²) in [5, 5.41) is 20.6. The number of aliphatic imine (C=N–C) groups is 2. The highest BCUT2D eigenvalue weighted by atomic mass is 32.2. The van der Waals surface area contributed by atoms with E-state index in [1.54, 1.807) is 45.6 Å². The summed E-state index contributed by atoms with van der Waals surface area (Å²) in [4.78, 5) is 12.8. The number of aliphatic hydroxyl groups excluding tert-OH is 1. The highest BCUT2D eigenvalue weighted by Crippen LogP contribution is 2.43. The van der Waals surface area contributed by atoms with Crippen molar-refractivity contribution < 1.29 is 19.7 Å². The maximum absolute atomic E-state index is 10.3. The molecule has 0 spiro atoms. The quantitative estimate of drug-likeness (QED) is 0.445. The molecule has 1 heterocycles. The van der Waals surface area contributed by atoms with Crippen molar-refractivity contribution in [1.82, 2.24) is 4.98 Å². The number of thioether (sulfide) groups is 1. The molecule has 1 aromatic carbocycles. The fraction of sp³-hybridized carbons (Fsp3) is 0.350. The van der Waals surface area contributed by atoms with Gasteiger partial charge in [0.15, 0.2) is 11.5 Å². The van der Waals surface area contributed by atoms with E-state index in [1.807, 2.05) is 0 Å². The second-order valence-corrected chi connectivity index (χ2v) is 7.18. The van der Waals surface area contributed by atoms with E-state index in [2.05, 4.69) is 15.0 Å². The first kappa shape index (κ1) is 22.5. The Balaban J connectivity index is 2.90. The van der Waals surface area contributed by atoms with Crippen LogP contribution in [0.4, 0.5) is 5.82 Å². The zero-order chi connectivity index (χ0) is 21.6. The normalized spacial score (nSPS) is 12.6. The average molecular weight is 419 g/mol. The molecule has 0 radical (unpaired) electrons. The lowest BCUT2D eigenvalue weighted by Gasteiger charge is -2.18. The Morgan fingerprint density at radius 1 is 1.14 bits per heavy atom. The maximum atomic E-state index is 10.3. The van der Waals surface area contributed by atoms with Crippen LogP contribution in [-0.2, 0) is 0 Å². The SMILES string of the molecule is CN=Cc1c(N)nc(SCC(C)O)c(C=NC)c1-c1cc(OC)c(O)c(OC)c1. The van der Waals surface area contributed by atoms with Crippen LogP contribution in [-0.4, -0.2) is 67.8 Å². The number of rotatable bonds is 8. The van der Waals surface area contributed by atoms with Crippen molar-refractivity contribution >= 4 is 30.0 Å². The van der Waals surface area contributed by atoms with Crippen molar-refractivity contribution in [3.05, 3.63) is 23.3 Å². The minimum Gasteiger partial charge on any atom is -0.502 e. The summed E-state index contributed by atoms with van der Waals surface area (Å²) >= 11 is 1.38. The predicted octanol–water partition coefficient (Wildman–Crippen LogP) is 2.62. The van der Waals surface area contributed by atoms with E-state index in [0.717, 1.165) is 11.1 Å². The van der Waals surface area contributed by atoms with Gasteiger partial charge in [-0.2, -0.15) is 0 Å². The number of pyridine rings is 1. The first-order chi connectivity index (χ1) is 13.9. The molecule has 1 unspecified atom stereocenters. The molecule has 0 bridgehead atoms. The van der Waals surface area contributed by atoms with E-state index in [4.69, 9.17) is 15.2 Å². The standard InChI is InChI=1S/C20H26N4O4S/c1-11(25)10-29-20-14(9-23-3)17(13(8-22-2)19(21)24-20)12-6-15(27-4)18(26)16(7-12)28-5/h6-9,11,25-26H,10H2,1-5H3,(H2,21,24). The number of benzene rings is 1. The number of nitrogen functional groups attached to an aromatic ring is 1. The molecule has 0 fully saturated rings. The van der Waals surface area contributed by atoms with Crippen LogP contribution >= 0.6 is 11.8 Å². The predicted molar refractivity (Wildman–Crippen MR) is 118 cm³/mol. The zero-order valence-corrected chi connectivity index (χ0v) is 17.9. The molecule has 29 heavy (non-hydrogen) atoms. The van der Waals surface area contributed by atoms with Gasteiger partial charge in [-0.3, -0.25) is 9.98 Å². The summed E-state index contributed by atoms with van der Waals surface area (Å²) in [5.41, 5.74) is 8.99. The number of anilines is 1. The summed E-state index contributed by atoms with van der Waals surface area (Å²) in [6.45, 7) is 1.71. The van der Waals surface area contributed by atoms with Crippen molar-refractivity contribution in [2.24, 2.45) is 9.98 Å². The third-order valence-electron chi connectivity index (χ3n) is 4.01. The first-order valence-corrected chi connectivity index (χ1v) is 9.80. The summed E-state index contributed by atoms with van der Waals surface area (Å²) in [5.74, 6) is 1.15. The fourth-order valence-electron chi connectivity index (χ4n) is 2.78. The largest absolute Gasteiger partial charge is 0.502 e. The highest BCUT2D eigenvalue weighted by Gasteiger charge is 2.22. The number of aromatic hydroxyl groups is 1. The van der Waals surface area contributed by atoms with Gasteiger partial charge in [0.25, 0.3) is 0 Å². The van der Waals surface area contributed by atoms with Crippen LogP contribution in [0.1, 0.15) is 18.1 Å². The van der Waals surface area contributed by atoms with Gasteiger partial charge in [0, 0.05) is 49.0 Å². The monoisotopic (exact) mass is 418 g/mol. The van der Waals surface area contributed by atoms with Gasteiger partial charge < -0.3 is 25.4 Å². The number of nitrogens with zero attached hydrogens (tertiary/aromatic N) is 3. The van der Waals surface area contributed by atoms with Gasteiger partial charge in [-0.15, -0.1) is 11.8 Å². The maximum Gasteiger partial charge on any atom is 0.200 e. The third kappa shape index (κ3) is 4.99. The molecular weight excluding hydrogens is 392 g/mol. The van der Waals surface area contributed by atoms with E-state index in [-0.39, 0.29) is 23.1 Å². The molecule has 9 heteroatoms. The molecule has 1 aromatic heterocycles. The molecule has 2 rings (SSSR count). The van der Waals surface area contributed by atoms with Gasteiger partial charge in [-0.05, 0) is 24.6 Å². The van der Waals surface area contributed by atoms with Crippen LogP contribution < -0.4 is 15.2 Å². The Morgan fingerprint density at radius 3 is 2.17 bits per heavy atom. The Labute approximate surface area is 174 Å². The Morgan fingerprint density at radius 2 is 1.69 bits per heavy atom. The van der Waals surface area contributed by atoms with Gasteiger partial charge in [0.1, 0.15) is 10.8 Å². The number of hydrogen-bond donors (Lipinski definition) is 3. The molecular formula is C20H26N4O4S. The van der Waals surface area contributed by atoms with Gasteiger partial charge in [0.05, 0.1) is 20.3 Å². The van der Waals surface area contributed by atoms with Crippen LogP contribution in [0.5, 0.6) is 17.2 Å². The number of ether oxygens (including phenoxy) is 2. The Hall–Kier alpha value is -2.78. The first-order valence-electron chi connectivity index (χ1n) is 8.81. The lowest BCUT2D eigenvalue weighted by atomic mass is 9.95. The molecule has 0 aliphatic heterocycles. The number of phenols is 1. The number of phenolic OH excluding ortho intramolecular Hbond substituents is 1. The number of nitrogens with two attached hydrogens (primary N) is 1. The number of aliphatic hydroxyl groups is 1. The molecule has 2 aromatic rings. The average Bonchev–Trinajstić information content (AvgIpc) is 2.69. The van der Waals surface area contributed by atoms with Gasteiger partial charge in [-0.25, -0.2) is 4.98 Å². The van der Waals surface area contributed by atoms with E-state index in [0.29, 0.717) is 21.9 Å². The molecule has 0 saturated heterocycles. The van der Waals surface area contributed by atoms with Gasteiger partial charge >= 0.3 is 0 Å². The van der Waals surface area contributed by atoms with Crippen LogP contribution in [0.25, 0.3) is 11.1 Å². The molecule has 1 atom stereocenters. The minimum atomic E-state index is -0.511. The van der Waals surface area contributed by atoms with Crippen molar-refractivity contribution in [2.75, 3.05) is 39.8 Å². The molecule has 4 N–H and O–H groups in total. The van der Waals surface area contributed by atoms with Crippen LogP contribution in [0.15, 0.2) is 27.1 Å². The van der Waals surface area contributed by atoms with Crippen LogP contribution in [0, 0.1) is 0 Å². The van der Waals surface area contributed by atoms with E-state index < -0.39 is 6.10 Å². The van der Waals surface area contributed by atoms with Crippen LogP contribution in [0.3, 0.4) is 0 Å².